The smallest absolute Gasteiger partial charge is 0.258 e. The number of hydrogen-bond acceptors (Lipinski definition) is 6. The Morgan fingerprint density at radius 1 is 0.875 bits per heavy atom. The Kier molecular flexibility index (Phi) is 4.99. The topological polar surface area (TPSA) is 80.2 Å². The van der Waals surface area contributed by atoms with Crippen molar-refractivity contribution in [2.75, 3.05) is 10.2 Å². The maximum atomic E-state index is 13.0. The lowest BCUT2D eigenvalue weighted by Gasteiger charge is -2.15. The van der Waals surface area contributed by atoms with Crippen molar-refractivity contribution in [3.05, 3.63) is 95.7 Å². The van der Waals surface area contributed by atoms with Crippen LogP contribution in [0.15, 0.2) is 73.2 Å². The first-order valence-electron chi connectivity index (χ1n) is 10.3. The molecule has 0 aliphatic carbocycles. The van der Waals surface area contributed by atoms with Gasteiger partial charge in [-0.1, -0.05) is 0 Å². The predicted molar refractivity (Wildman–Crippen MR) is 122 cm³/mol. The van der Waals surface area contributed by atoms with Crippen LogP contribution in [0.5, 0.6) is 11.6 Å². The highest BCUT2D eigenvalue weighted by Crippen LogP contribution is 2.31. The van der Waals surface area contributed by atoms with E-state index in [-0.39, 0.29) is 5.91 Å². The molecule has 32 heavy (non-hydrogen) atoms. The number of carbonyl (C=O) groups excluding carboxylic acids is 1. The summed E-state index contributed by atoms with van der Waals surface area (Å²) < 4.78 is 5.78. The zero-order chi connectivity index (χ0) is 22.1. The number of anilines is 3. The van der Waals surface area contributed by atoms with Gasteiger partial charge >= 0.3 is 0 Å². The molecule has 0 atom stereocenters. The number of ether oxygens (including phenoxy) is 1. The van der Waals surface area contributed by atoms with Crippen molar-refractivity contribution in [1.82, 2.24) is 15.0 Å². The van der Waals surface area contributed by atoms with Crippen LogP contribution in [0, 0.1) is 13.8 Å². The van der Waals surface area contributed by atoms with Crippen molar-refractivity contribution in [3.63, 3.8) is 0 Å². The van der Waals surface area contributed by atoms with E-state index >= 15 is 0 Å². The summed E-state index contributed by atoms with van der Waals surface area (Å²) in [5.74, 6) is 1.10. The van der Waals surface area contributed by atoms with E-state index in [1.54, 1.807) is 35.6 Å². The Labute approximate surface area is 185 Å². The van der Waals surface area contributed by atoms with Gasteiger partial charge in [0.2, 0.25) is 5.88 Å². The number of hydrogen-bond donors (Lipinski definition) is 1. The third-order valence-electron chi connectivity index (χ3n) is 5.22. The molecule has 0 saturated heterocycles. The number of amides is 1. The lowest BCUT2D eigenvalue weighted by Crippen LogP contribution is -2.23. The van der Waals surface area contributed by atoms with Crippen molar-refractivity contribution >= 4 is 23.0 Å². The second-order valence-corrected chi connectivity index (χ2v) is 7.66. The minimum absolute atomic E-state index is 0.0356. The van der Waals surface area contributed by atoms with E-state index in [1.807, 2.05) is 56.3 Å². The van der Waals surface area contributed by atoms with Gasteiger partial charge in [-0.15, -0.1) is 0 Å². The van der Waals surface area contributed by atoms with Crippen LogP contribution < -0.4 is 15.0 Å². The van der Waals surface area contributed by atoms with Gasteiger partial charge in [-0.25, -0.2) is 4.98 Å². The molecule has 1 N–H and O–H groups in total. The molecule has 0 unspecified atom stereocenters. The first-order chi connectivity index (χ1) is 15.5. The summed E-state index contributed by atoms with van der Waals surface area (Å²) >= 11 is 0. The molecular weight excluding hydrogens is 402 g/mol. The molecular formula is C25H21N5O2. The van der Waals surface area contributed by atoms with E-state index in [2.05, 4.69) is 20.3 Å². The molecule has 0 saturated carbocycles. The fourth-order valence-corrected chi connectivity index (χ4v) is 3.69. The van der Waals surface area contributed by atoms with E-state index in [0.29, 0.717) is 23.7 Å². The average Bonchev–Trinajstić information content (AvgIpc) is 3.10. The Morgan fingerprint density at radius 3 is 2.41 bits per heavy atom. The van der Waals surface area contributed by atoms with Crippen molar-refractivity contribution in [1.29, 1.82) is 0 Å². The van der Waals surface area contributed by atoms with E-state index in [1.165, 1.54) is 0 Å². The van der Waals surface area contributed by atoms with E-state index in [0.717, 1.165) is 34.0 Å². The third kappa shape index (κ3) is 4.00. The van der Waals surface area contributed by atoms with Crippen LogP contribution in [0.2, 0.25) is 0 Å². The maximum absolute atomic E-state index is 13.0. The Hall–Kier alpha value is -4.26. The minimum atomic E-state index is -0.0356. The number of nitrogens with one attached hydrogen (secondary N) is 1. The number of benzene rings is 1. The molecule has 4 heterocycles. The highest BCUT2D eigenvalue weighted by molar-refractivity contribution is 6.10. The number of pyridine rings is 3. The Balaban J connectivity index is 1.31. The summed E-state index contributed by atoms with van der Waals surface area (Å²) in [6.07, 6.45) is 5.12. The van der Waals surface area contributed by atoms with Crippen molar-refractivity contribution < 1.29 is 9.53 Å². The Morgan fingerprint density at radius 2 is 1.66 bits per heavy atom. The molecule has 3 aromatic heterocycles. The molecule has 5 rings (SSSR count). The fraction of sp³-hybridized carbons (Fsp3) is 0.120. The summed E-state index contributed by atoms with van der Waals surface area (Å²) in [6.45, 7) is 4.34. The van der Waals surface area contributed by atoms with Gasteiger partial charge in [0.25, 0.3) is 5.91 Å². The molecule has 7 nitrogen and oxygen atoms in total. The molecule has 0 radical (unpaired) electrons. The predicted octanol–water partition coefficient (Wildman–Crippen LogP) is 5.18. The van der Waals surface area contributed by atoms with E-state index in [4.69, 9.17) is 4.74 Å². The molecule has 158 valence electrons. The fourth-order valence-electron chi connectivity index (χ4n) is 3.69. The number of rotatable bonds is 5. The molecule has 0 bridgehead atoms. The summed E-state index contributed by atoms with van der Waals surface area (Å²) in [5.41, 5.74) is 6.10. The number of carbonyl (C=O) groups is 1. The normalized spacial score (nSPS) is 12.6. The van der Waals surface area contributed by atoms with Crippen molar-refractivity contribution in [3.8, 4) is 11.6 Å². The second kappa shape index (κ2) is 8.11. The second-order valence-electron chi connectivity index (χ2n) is 7.66. The highest BCUT2D eigenvalue weighted by Gasteiger charge is 2.29. The highest BCUT2D eigenvalue weighted by atomic mass is 16.5. The standard InChI is InChI=1S/C25H21N5O2/c1-16-11-20(7-9-26-16)29-19-3-5-23-18(13-19)15-30(25(23)31)21-4-6-24(28-14-21)32-22-8-10-27-17(2)12-22/h3-14H,15H2,1-2H3,(H,26,29). The monoisotopic (exact) mass is 423 g/mol. The van der Waals surface area contributed by atoms with E-state index < -0.39 is 0 Å². The number of nitrogens with zero attached hydrogens (tertiary/aromatic N) is 4. The molecule has 1 aromatic carbocycles. The first-order valence-corrected chi connectivity index (χ1v) is 10.3. The van der Waals surface area contributed by atoms with Crippen LogP contribution in [0.25, 0.3) is 0 Å². The van der Waals surface area contributed by atoms with Gasteiger partial charge in [0.05, 0.1) is 18.4 Å². The molecule has 4 aromatic rings. The summed E-state index contributed by atoms with van der Waals surface area (Å²) in [4.78, 5) is 27.4. The van der Waals surface area contributed by atoms with Crippen molar-refractivity contribution in [2.24, 2.45) is 0 Å². The van der Waals surface area contributed by atoms with Crippen LogP contribution in [-0.2, 0) is 6.54 Å². The maximum Gasteiger partial charge on any atom is 0.258 e. The molecule has 0 spiro atoms. The molecule has 0 fully saturated rings. The van der Waals surface area contributed by atoms with Crippen LogP contribution in [0.4, 0.5) is 17.1 Å². The molecule has 1 aliphatic heterocycles. The van der Waals surface area contributed by atoms with Gasteiger partial charge in [0, 0.05) is 52.9 Å². The largest absolute Gasteiger partial charge is 0.439 e. The minimum Gasteiger partial charge on any atom is -0.439 e. The number of fused-ring (bicyclic) bond motifs is 1. The zero-order valence-corrected chi connectivity index (χ0v) is 17.7. The zero-order valence-electron chi connectivity index (χ0n) is 17.7. The first kappa shape index (κ1) is 19.7. The van der Waals surface area contributed by atoms with Crippen LogP contribution in [0.3, 0.4) is 0 Å². The average molecular weight is 423 g/mol. The van der Waals surface area contributed by atoms with Gasteiger partial charge < -0.3 is 15.0 Å². The molecule has 7 heteroatoms. The summed E-state index contributed by atoms with van der Waals surface area (Å²) in [6, 6.07) is 16.9. The summed E-state index contributed by atoms with van der Waals surface area (Å²) in [7, 11) is 0. The number of aryl methyl sites for hydroxylation is 2. The van der Waals surface area contributed by atoms with Crippen LogP contribution >= 0.6 is 0 Å². The van der Waals surface area contributed by atoms with Gasteiger partial charge in [-0.05, 0) is 61.9 Å². The SMILES string of the molecule is Cc1cc(Nc2ccc3c(c2)CN(c2ccc(Oc4ccnc(C)c4)nc2)C3=O)ccn1. The van der Waals surface area contributed by atoms with E-state index in [9.17, 15) is 4.79 Å². The quantitative estimate of drug-likeness (QED) is 0.476. The third-order valence-corrected chi connectivity index (χ3v) is 5.22. The molecule has 1 amide bonds. The van der Waals surface area contributed by atoms with Crippen molar-refractivity contribution in [2.45, 2.75) is 20.4 Å². The van der Waals surface area contributed by atoms with Crippen LogP contribution in [0.1, 0.15) is 27.3 Å². The van der Waals surface area contributed by atoms with Gasteiger partial charge in [0.15, 0.2) is 0 Å². The lowest BCUT2D eigenvalue weighted by atomic mass is 10.1. The number of aromatic nitrogens is 3. The van der Waals surface area contributed by atoms with Gasteiger partial charge in [-0.3, -0.25) is 14.8 Å². The Bertz CT molecular complexity index is 1300. The van der Waals surface area contributed by atoms with Gasteiger partial charge in [0.1, 0.15) is 5.75 Å². The summed E-state index contributed by atoms with van der Waals surface area (Å²) in [5, 5.41) is 3.38. The van der Waals surface area contributed by atoms with Gasteiger partial charge in [-0.2, -0.15) is 0 Å². The lowest BCUT2D eigenvalue weighted by molar-refractivity contribution is 0.0996. The van der Waals surface area contributed by atoms with Crippen LogP contribution in [-0.4, -0.2) is 20.9 Å². The molecule has 1 aliphatic rings.